The molecule has 8 heteroatoms. The zero-order chi connectivity index (χ0) is 18.8. The molecule has 0 heterocycles. The lowest BCUT2D eigenvalue weighted by molar-refractivity contribution is -0.0504. The van der Waals surface area contributed by atoms with Crippen molar-refractivity contribution in [1.82, 2.24) is 10.6 Å². The Labute approximate surface area is 175 Å². The van der Waals surface area contributed by atoms with Crippen molar-refractivity contribution in [2.45, 2.75) is 26.6 Å². The number of rotatable bonds is 8. The predicted octanol–water partition coefficient (Wildman–Crippen LogP) is 4.17. The van der Waals surface area contributed by atoms with Crippen LogP contribution in [0.15, 0.2) is 53.5 Å². The van der Waals surface area contributed by atoms with E-state index >= 15 is 0 Å². The number of benzene rings is 2. The standard InChI is InChI=1S/C19H23F2N3O2.HI/c1-3-25-16-9-6-7-14(11-16)12-23-19(22-2)24-13-15-8-4-5-10-17(15)26-18(20)21;/h4-11,18H,3,12-13H2,1-2H3,(H2,22,23,24);1H. The summed E-state index contributed by atoms with van der Waals surface area (Å²) in [5, 5.41) is 6.27. The Morgan fingerprint density at radius 2 is 1.81 bits per heavy atom. The van der Waals surface area contributed by atoms with Gasteiger partial charge in [-0.2, -0.15) is 8.78 Å². The lowest BCUT2D eigenvalue weighted by atomic mass is 10.2. The topological polar surface area (TPSA) is 54.9 Å². The third-order valence-corrected chi connectivity index (χ3v) is 3.53. The molecule has 0 unspecified atom stereocenters. The fraction of sp³-hybridized carbons (Fsp3) is 0.316. The van der Waals surface area contributed by atoms with Crippen molar-refractivity contribution in [1.29, 1.82) is 0 Å². The number of para-hydroxylation sites is 1. The van der Waals surface area contributed by atoms with E-state index in [4.69, 9.17) is 4.74 Å². The first kappa shape index (κ1) is 22.9. The largest absolute Gasteiger partial charge is 0.494 e. The van der Waals surface area contributed by atoms with E-state index in [0.29, 0.717) is 31.2 Å². The van der Waals surface area contributed by atoms with E-state index in [0.717, 1.165) is 11.3 Å². The van der Waals surface area contributed by atoms with Crippen LogP contribution in [-0.4, -0.2) is 26.2 Å². The highest BCUT2D eigenvalue weighted by Gasteiger charge is 2.09. The van der Waals surface area contributed by atoms with Crippen LogP contribution in [0.25, 0.3) is 0 Å². The van der Waals surface area contributed by atoms with Gasteiger partial charge in [0, 0.05) is 25.7 Å². The smallest absolute Gasteiger partial charge is 0.387 e. The third-order valence-electron chi connectivity index (χ3n) is 3.53. The zero-order valence-electron chi connectivity index (χ0n) is 15.2. The normalized spacial score (nSPS) is 10.9. The number of ether oxygens (including phenoxy) is 2. The number of nitrogens with one attached hydrogen (secondary N) is 2. The molecule has 0 bridgehead atoms. The van der Waals surface area contributed by atoms with Crippen molar-refractivity contribution in [2.24, 2.45) is 4.99 Å². The van der Waals surface area contributed by atoms with Gasteiger partial charge in [0.1, 0.15) is 11.5 Å². The SMILES string of the molecule is CCOc1cccc(CNC(=NC)NCc2ccccc2OC(F)F)c1.I. The van der Waals surface area contributed by atoms with Gasteiger partial charge in [-0.15, -0.1) is 24.0 Å². The molecule has 0 fully saturated rings. The molecular weight excluding hydrogens is 467 g/mol. The van der Waals surface area contributed by atoms with Gasteiger partial charge in [0.15, 0.2) is 5.96 Å². The van der Waals surface area contributed by atoms with Gasteiger partial charge < -0.3 is 20.1 Å². The van der Waals surface area contributed by atoms with Gasteiger partial charge in [0.25, 0.3) is 0 Å². The second kappa shape index (κ2) is 12.3. The van der Waals surface area contributed by atoms with E-state index in [-0.39, 0.29) is 29.7 Å². The number of nitrogens with zero attached hydrogens (tertiary/aromatic N) is 1. The first-order valence-corrected chi connectivity index (χ1v) is 8.31. The van der Waals surface area contributed by atoms with Gasteiger partial charge in [-0.05, 0) is 30.7 Å². The van der Waals surface area contributed by atoms with Crippen LogP contribution in [-0.2, 0) is 13.1 Å². The minimum absolute atomic E-state index is 0. The van der Waals surface area contributed by atoms with Crippen molar-refractivity contribution >= 4 is 29.9 Å². The Balaban J connectivity index is 0.00000364. The number of halogens is 3. The van der Waals surface area contributed by atoms with E-state index in [2.05, 4.69) is 20.4 Å². The summed E-state index contributed by atoms with van der Waals surface area (Å²) in [6, 6.07) is 14.4. The molecule has 27 heavy (non-hydrogen) atoms. The van der Waals surface area contributed by atoms with E-state index in [9.17, 15) is 8.78 Å². The summed E-state index contributed by atoms with van der Waals surface area (Å²) in [5.41, 5.74) is 1.66. The van der Waals surface area contributed by atoms with Crippen LogP contribution in [0.1, 0.15) is 18.1 Å². The molecule has 0 aromatic heterocycles. The third kappa shape index (κ3) is 7.98. The average molecular weight is 491 g/mol. The van der Waals surface area contributed by atoms with Crippen molar-refractivity contribution in [3.05, 3.63) is 59.7 Å². The number of hydrogen-bond acceptors (Lipinski definition) is 3. The number of aliphatic imine (C=N–C) groups is 1. The van der Waals surface area contributed by atoms with Gasteiger partial charge in [-0.1, -0.05) is 30.3 Å². The second-order valence-corrected chi connectivity index (χ2v) is 5.35. The fourth-order valence-corrected chi connectivity index (χ4v) is 2.36. The van der Waals surface area contributed by atoms with Crippen molar-refractivity contribution in [3.8, 4) is 11.5 Å². The van der Waals surface area contributed by atoms with Gasteiger partial charge in [0.05, 0.1) is 6.61 Å². The van der Waals surface area contributed by atoms with Crippen molar-refractivity contribution < 1.29 is 18.3 Å². The molecule has 2 rings (SSSR count). The molecule has 0 atom stereocenters. The highest BCUT2D eigenvalue weighted by molar-refractivity contribution is 14.0. The second-order valence-electron chi connectivity index (χ2n) is 5.35. The van der Waals surface area contributed by atoms with Crippen LogP contribution < -0.4 is 20.1 Å². The molecule has 0 amide bonds. The van der Waals surface area contributed by atoms with Gasteiger partial charge >= 0.3 is 6.61 Å². The molecule has 0 aliphatic heterocycles. The van der Waals surface area contributed by atoms with Crippen LogP contribution in [0.3, 0.4) is 0 Å². The van der Waals surface area contributed by atoms with E-state index in [1.807, 2.05) is 31.2 Å². The maximum Gasteiger partial charge on any atom is 0.387 e. The molecule has 2 aromatic carbocycles. The Bertz CT molecular complexity index is 730. The first-order valence-electron chi connectivity index (χ1n) is 8.31. The summed E-state index contributed by atoms with van der Waals surface area (Å²) in [7, 11) is 1.65. The van der Waals surface area contributed by atoms with Gasteiger partial charge in [-0.25, -0.2) is 0 Å². The van der Waals surface area contributed by atoms with Gasteiger partial charge in [0.2, 0.25) is 0 Å². The Morgan fingerprint density at radius 1 is 1.07 bits per heavy atom. The summed E-state index contributed by atoms with van der Waals surface area (Å²) in [6.45, 7) is 0.551. The maximum atomic E-state index is 12.5. The Kier molecular flexibility index (Phi) is 10.5. The molecule has 0 aliphatic rings. The van der Waals surface area contributed by atoms with E-state index in [1.165, 1.54) is 6.07 Å². The molecule has 5 nitrogen and oxygen atoms in total. The molecule has 0 radical (unpaired) electrons. The molecule has 2 N–H and O–H groups in total. The lowest BCUT2D eigenvalue weighted by Crippen LogP contribution is -2.36. The Morgan fingerprint density at radius 3 is 2.52 bits per heavy atom. The molecule has 0 saturated heterocycles. The quantitative estimate of drug-likeness (QED) is 0.331. The Hall–Kier alpha value is -2.10. The van der Waals surface area contributed by atoms with Crippen LogP contribution in [0.5, 0.6) is 11.5 Å². The zero-order valence-corrected chi connectivity index (χ0v) is 17.6. The van der Waals surface area contributed by atoms with Crippen LogP contribution in [0.4, 0.5) is 8.78 Å². The number of alkyl halides is 2. The molecule has 0 aliphatic carbocycles. The van der Waals surface area contributed by atoms with Gasteiger partial charge in [-0.3, -0.25) is 4.99 Å². The van der Waals surface area contributed by atoms with Crippen molar-refractivity contribution in [2.75, 3.05) is 13.7 Å². The highest BCUT2D eigenvalue weighted by Crippen LogP contribution is 2.20. The van der Waals surface area contributed by atoms with E-state index < -0.39 is 6.61 Å². The average Bonchev–Trinajstić information content (AvgIpc) is 2.63. The molecule has 2 aromatic rings. The van der Waals surface area contributed by atoms with Crippen LogP contribution in [0.2, 0.25) is 0 Å². The number of guanidine groups is 1. The van der Waals surface area contributed by atoms with Crippen LogP contribution in [0, 0.1) is 0 Å². The molecule has 148 valence electrons. The fourth-order valence-electron chi connectivity index (χ4n) is 2.36. The summed E-state index contributed by atoms with van der Waals surface area (Å²) in [5.74, 6) is 1.52. The first-order chi connectivity index (χ1) is 12.6. The minimum Gasteiger partial charge on any atom is -0.494 e. The lowest BCUT2D eigenvalue weighted by Gasteiger charge is -2.15. The van der Waals surface area contributed by atoms with Crippen molar-refractivity contribution in [3.63, 3.8) is 0 Å². The molecule has 0 saturated carbocycles. The number of hydrogen-bond donors (Lipinski definition) is 2. The van der Waals surface area contributed by atoms with E-state index in [1.54, 1.807) is 25.2 Å². The summed E-state index contributed by atoms with van der Waals surface area (Å²) in [6.07, 6.45) is 0. The maximum absolute atomic E-state index is 12.5. The predicted molar refractivity (Wildman–Crippen MR) is 113 cm³/mol. The van der Waals surface area contributed by atoms with Crippen LogP contribution >= 0.6 is 24.0 Å². The summed E-state index contributed by atoms with van der Waals surface area (Å²) < 4.78 is 35.0. The molecular formula is C19H24F2IN3O2. The monoisotopic (exact) mass is 491 g/mol. The minimum atomic E-state index is -2.86. The summed E-state index contributed by atoms with van der Waals surface area (Å²) >= 11 is 0. The molecule has 0 spiro atoms. The highest BCUT2D eigenvalue weighted by atomic mass is 127. The summed E-state index contributed by atoms with van der Waals surface area (Å²) in [4.78, 5) is 4.14.